The summed E-state index contributed by atoms with van der Waals surface area (Å²) in [6.07, 6.45) is 3.63. The Bertz CT molecular complexity index is 1010. The van der Waals surface area contributed by atoms with Gasteiger partial charge in [-0.2, -0.15) is 5.26 Å². The van der Waals surface area contributed by atoms with Gasteiger partial charge in [-0.1, -0.05) is 12.1 Å². The van der Waals surface area contributed by atoms with E-state index in [1.54, 1.807) is 12.1 Å². The first-order chi connectivity index (χ1) is 12.6. The van der Waals surface area contributed by atoms with Gasteiger partial charge in [0, 0.05) is 24.7 Å². The quantitative estimate of drug-likeness (QED) is 0.290. The van der Waals surface area contributed by atoms with Crippen LogP contribution in [0.15, 0.2) is 48.8 Å². The lowest BCUT2D eigenvalue weighted by Crippen LogP contribution is -2.68. The molecule has 0 fully saturated rings. The predicted molar refractivity (Wildman–Crippen MR) is 83.4 cm³/mol. The van der Waals surface area contributed by atoms with Gasteiger partial charge < -0.3 is 9.67 Å². The average molecular weight is 391 g/mol. The molecular formula is C17H15ClN4O5. The topological polar surface area (TPSA) is 158 Å². The second-order valence-corrected chi connectivity index (χ2v) is 6.20. The van der Waals surface area contributed by atoms with Crippen molar-refractivity contribution in [1.29, 1.82) is 5.26 Å². The van der Waals surface area contributed by atoms with Crippen LogP contribution >= 0.6 is 0 Å². The van der Waals surface area contributed by atoms with Gasteiger partial charge in [0.2, 0.25) is 0 Å². The summed E-state index contributed by atoms with van der Waals surface area (Å²) in [6.45, 7) is 0. The number of aliphatic hydroxyl groups excluding tert-OH is 1. The number of hydrogen-bond donors (Lipinski definition) is 1. The van der Waals surface area contributed by atoms with Crippen LogP contribution in [-0.2, 0) is 14.1 Å². The van der Waals surface area contributed by atoms with Gasteiger partial charge in [-0.05, 0) is 12.1 Å². The molecule has 27 heavy (non-hydrogen) atoms. The van der Waals surface area contributed by atoms with E-state index in [0.29, 0.717) is 11.4 Å². The molecule has 0 radical (unpaired) electrons. The first kappa shape index (κ1) is 20.3. The fourth-order valence-electron chi connectivity index (χ4n) is 2.38. The fraction of sp³-hybridized carbons (Fsp3) is 0.118. The second kappa shape index (κ2) is 8.13. The number of fused-ring (bicyclic) bond motifs is 1. The van der Waals surface area contributed by atoms with E-state index >= 15 is 0 Å². The first-order valence-corrected chi connectivity index (χ1v) is 8.68. The number of nitriles is 1. The van der Waals surface area contributed by atoms with Gasteiger partial charge in [-0.15, -0.1) is 10.2 Å². The van der Waals surface area contributed by atoms with Crippen molar-refractivity contribution in [2.24, 2.45) is 14.1 Å². The summed E-state index contributed by atoms with van der Waals surface area (Å²) < 4.78 is 37.6. The molecule has 1 aromatic carbocycles. The Labute approximate surface area is 156 Å². The summed E-state index contributed by atoms with van der Waals surface area (Å²) >= 11 is 0. The maximum absolute atomic E-state index is 10.5. The Morgan fingerprint density at radius 2 is 1.70 bits per heavy atom. The predicted octanol–water partition coefficient (Wildman–Crippen LogP) is -2.41. The van der Waals surface area contributed by atoms with Crippen molar-refractivity contribution in [2.45, 2.75) is 0 Å². The van der Waals surface area contributed by atoms with Crippen molar-refractivity contribution < 1.29 is 38.6 Å². The summed E-state index contributed by atoms with van der Waals surface area (Å²) in [6, 6.07) is 13.2. The lowest BCUT2D eigenvalue weighted by molar-refractivity contribution is -2.00. The molecule has 9 nitrogen and oxygen atoms in total. The number of aromatic nitrogens is 3. The minimum atomic E-state index is -4.94. The van der Waals surface area contributed by atoms with E-state index in [1.165, 1.54) is 0 Å². The highest BCUT2D eigenvalue weighted by Gasteiger charge is 2.17. The third-order valence-electron chi connectivity index (χ3n) is 3.61. The molecule has 140 valence electrons. The van der Waals surface area contributed by atoms with E-state index in [-0.39, 0.29) is 11.3 Å². The minimum Gasteiger partial charge on any atom is -0.506 e. The monoisotopic (exact) mass is 390 g/mol. The molecule has 0 spiro atoms. The van der Waals surface area contributed by atoms with Gasteiger partial charge >= 0.3 is 0 Å². The van der Waals surface area contributed by atoms with E-state index in [2.05, 4.69) is 11.1 Å². The number of aliphatic hydroxyl groups is 1. The normalized spacial score (nSPS) is 12.0. The SMILES string of the molecule is Cn1c(/C(C#N)=C(\O)c2cc[n+](C)cc2)nc2ccccc21.[O-][Cl+3]([O-])([O-])[O-]. The molecule has 0 atom stereocenters. The smallest absolute Gasteiger partial charge is 0.169 e. The van der Waals surface area contributed by atoms with Crippen molar-refractivity contribution >= 4 is 22.4 Å². The van der Waals surface area contributed by atoms with Crippen molar-refractivity contribution in [3.05, 3.63) is 60.2 Å². The zero-order valence-corrected chi connectivity index (χ0v) is 15.1. The van der Waals surface area contributed by atoms with Gasteiger partial charge in [-0.25, -0.2) is 28.2 Å². The summed E-state index contributed by atoms with van der Waals surface area (Å²) in [5, 5.41) is 20.0. The van der Waals surface area contributed by atoms with Crippen molar-refractivity contribution in [1.82, 2.24) is 9.55 Å². The number of halogens is 1. The number of benzene rings is 1. The van der Waals surface area contributed by atoms with E-state index in [1.807, 2.05) is 59.9 Å². The number of aryl methyl sites for hydroxylation is 2. The molecule has 0 aliphatic rings. The molecule has 0 saturated carbocycles. The van der Waals surface area contributed by atoms with Crippen LogP contribution < -0.4 is 23.2 Å². The van der Waals surface area contributed by atoms with Crippen molar-refractivity contribution in [2.75, 3.05) is 0 Å². The van der Waals surface area contributed by atoms with E-state index in [0.717, 1.165) is 11.0 Å². The van der Waals surface area contributed by atoms with E-state index in [9.17, 15) is 10.4 Å². The Kier molecular flexibility index (Phi) is 6.12. The van der Waals surface area contributed by atoms with Gasteiger partial charge in [0.05, 0.1) is 11.0 Å². The van der Waals surface area contributed by atoms with Gasteiger partial charge in [0.25, 0.3) is 0 Å². The number of hydrogen-bond acceptors (Lipinski definition) is 7. The highest BCUT2D eigenvalue weighted by Crippen LogP contribution is 2.25. The third kappa shape index (κ3) is 5.24. The highest BCUT2D eigenvalue weighted by molar-refractivity contribution is 5.94. The molecule has 0 aliphatic heterocycles. The van der Waals surface area contributed by atoms with Crippen LogP contribution in [-0.4, -0.2) is 14.7 Å². The van der Waals surface area contributed by atoms with E-state index in [4.69, 9.17) is 18.6 Å². The molecule has 0 unspecified atom stereocenters. The number of allylic oxidation sites excluding steroid dienone is 1. The molecule has 0 amide bonds. The van der Waals surface area contributed by atoms with Crippen LogP contribution in [0, 0.1) is 21.6 Å². The highest BCUT2D eigenvalue weighted by atomic mass is 35.7. The molecule has 10 heteroatoms. The fourth-order valence-corrected chi connectivity index (χ4v) is 2.38. The standard InChI is InChI=1S/C17H14N4O.ClHO4/c1-20-9-7-12(8-10-20)16(22)13(11-18)17-19-14-5-3-4-6-15(14)21(17)2;2-1(3,4)5/h3-10H,1-2H3;(H,2,3,4,5). The van der Waals surface area contributed by atoms with Gasteiger partial charge in [0.15, 0.2) is 18.2 Å². The van der Waals surface area contributed by atoms with Crippen LogP contribution in [0.1, 0.15) is 11.4 Å². The average Bonchev–Trinajstić information content (AvgIpc) is 2.92. The minimum absolute atomic E-state index is 0.0680. The number of para-hydroxylation sites is 2. The molecule has 1 N–H and O–H groups in total. The van der Waals surface area contributed by atoms with E-state index < -0.39 is 10.2 Å². The van der Waals surface area contributed by atoms with Crippen LogP contribution in [0.25, 0.3) is 22.4 Å². The Morgan fingerprint density at radius 1 is 1.15 bits per heavy atom. The lowest BCUT2D eigenvalue weighted by atomic mass is 10.1. The Balaban J connectivity index is 0.000000465. The molecule has 2 heterocycles. The molecule has 0 saturated heterocycles. The lowest BCUT2D eigenvalue weighted by Gasteiger charge is -2.17. The summed E-state index contributed by atoms with van der Waals surface area (Å²) in [5.74, 6) is 0.385. The van der Waals surface area contributed by atoms with Crippen molar-refractivity contribution in [3.63, 3.8) is 0 Å². The maximum atomic E-state index is 10.5. The number of nitrogens with zero attached hydrogens (tertiary/aromatic N) is 4. The van der Waals surface area contributed by atoms with Gasteiger partial charge in [-0.3, -0.25) is 0 Å². The zero-order valence-electron chi connectivity index (χ0n) is 14.4. The largest absolute Gasteiger partial charge is 0.506 e. The van der Waals surface area contributed by atoms with Crippen LogP contribution in [0.3, 0.4) is 0 Å². The van der Waals surface area contributed by atoms with Crippen LogP contribution in [0.4, 0.5) is 0 Å². The molecule has 2 aromatic heterocycles. The van der Waals surface area contributed by atoms with Gasteiger partial charge in [0.1, 0.15) is 24.4 Å². The zero-order chi connectivity index (χ0) is 20.2. The summed E-state index contributed by atoms with van der Waals surface area (Å²) in [4.78, 5) is 4.46. The second-order valence-electron chi connectivity index (χ2n) is 5.45. The van der Waals surface area contributed by atoms with Crippen molar-refractivity contribution in [3.8, 4) is 6.07 Å². The van der Waals surface area contributed by atoms with Crippen LogP contribution in [0.5, 0.6) is 0 Å². The number of pyridine rings is 1. The summed E-state index contributed by atoms with van der Waals surface area (Å²) in [7, 11) is -1.22. The molecule has 0 bridgehead atoms. The molecule has 0 aliphatic carbocycles. The number of rotatable bonds is 2. The maximum Gasteiger partial charge on any atom is 0.169 e. The third-order valence-corrected chi connectivity index (χ3v) is 3.61. The van der Waals surface area contributed by atoms with Crippen LogP contribution in [0.2, 0.25) is 0 Å². The molecular weight excluding hydrogens is 376 g/mol. The Hall–Kier alpha value is -3.00. The summed E-state index contributed by atoms with van der Waals surface area (Å²) in [5.41, 5.74) is 2.45. The number of imidazole rings is 1. The first-order valence-electron chi connectivity index (χ1n) is 7.44. The molecule has 3 aromatic rings. The molecule has 3 rings (SSSR count). The Morgan fingerprint density at radius 3 is 2.22 bits per heavy atom.